The summed E-state index contributed by atoms with van der Waals surface area (Å²) >= 11 is 5.69. The van der Waals surface area contributed by atoms with E-state index in [9.17, 15) is 4.39 Å². The van der Waals surface area contributed by atoms with Gasteiger partial charge in [-0.15, -0.1) is 11.6 Å². The Kier molecular flexibility index (Phi) is 5.61. The number of hydrogen-bond acceptors (Lipinski definition) is 1. The van der Waals surface area contributed by atoms with Gasteiger partial charge in [0.25, 0.3) is 0 Å². The van der Waals surface area contributed by atoms with Crippen molar-refractivity contribution >= 4 is 17.3 Å². The second-order valence-corrected chi connectivity index (χ2v) is 4.65. The van der Waals surface area contributed by atoms with E-state index in [0.717, 1.165) is 25.1 Å². The molecule has 0 saturated carbocycles. The molecule has 90 valence electrons. The van der Waals surface area contributed by atoms with Gasteiger partial charge in [-0.2, -0.15) is 0 Å². The summed E-state index contributed by atoms with van der Waals surface area (Å²) in [6.45, 7) is 3.13. The van der Waals surface area contributed by atoms with Gasteiger partial charge in [-0.3, -0.25) is 0 Å². The molecule has 0 bridgehead atoms. The van der Waals surface area contributed by atoms with E-state index in [1.807, 2.05) is 13.1 Å². The lowest BCUT2D eigenvalue weighted by molar-refractivity contribution is 0.520. The van der Waals surface area contributed by atoms with Crippen LogP contribution in [-0.4, -0.2) is 19.5 Å². The topological polar surface area (TPSA) is 3.24 Å². The molecule has 0 aromatic heterocycles. The summed E-state index contributed by atoms with van der Waals surface area (Å²) in [5.74, 6) is 1.15. The van der Waals surface area contributed by atoms with E-state index in [-0.39, 0.29) is 5.82 Å². The van der Waals surface area contributed by atoms with Crippen LogP contribution in [0, 0.1) is 11.7 Å². The Labute approximate surface area is 102 Å². The quantitative estimate of drug-likeness (QED) is 0.685. The van der Waals surface area contributed by atoms with Crippen molar-refractivity contribution < 1.29 is 4.39 Å². The van der Waals surface area contributed by atoms with Crippen LogP contribution in [0.5, 0.6) is 0 Å². The molecule has 1 nitrogen and oxygen atoms in total. The van der Waals surface area contributed by atoms with E-state index in [1.54, 1.807) is 12.1 Å². The molecule has 1 atom stereocenters. The molecular weight excluding hydrogens is 225 g/mol. The maximum absolute atomic E-state index is 13.0. The van der Waals surface area contributed by atoms with Crippen LogP contribution in [0.3, 0.4) is 0 Å². The zero-order valence-corrected chi connectivity index (χ0v) is 10.7. The Morgan fingerprint density at radius 1 is 1.38 bits per heavy atom. The highest BCUT2D eigenvalue weighted by molar-refractivity contribution is 6.17. The highest BCUT2D eigenvalue weighted by atomic mass is 35.5. The molecule has 0 fully saturated rings. The Morgan fingerprint density at radius 3 is 2.75 bits per heavy atom. The fraction of sp³-hybridized carbons (Fsp3) is 0.538. The first-order valence-corrected chi connectivity index (χ1v) is 6.19. The summed E-state index contributed by atoms with van der Waals surface area (Å²) in [7, 11) is 1.99. The molecule has 1 aromatic carbocycles. The van der Waals surface area contributed by atoms with Crippen molar-refractivity contribution in [3.63, 3.8) is 0 Å². The van der Waals surface area contributed by atoms with Gasteiger partial charge in [0.1, 0.15) is 5.82 Å². The van der Waals surface area contributed by atoms with Crippen LogP contribution >= 0.6 is 11.6 Å². The Morgan fingerprint density at radius 2 is 2.12 bits per heavy atom. The summed E-state index contributed by atoms with van der Waals surface area (Å²) in [6, 6.07) is 6.69. The second kappa shape index (κ2) is 6.74. The maximum atomic E-state index is 13.0. The third kappa shape index (κ3) is 4.40. The summed E-state index contributed by atoms with van der Waals surface area (Å²) in [4.78, 5) is 2.08. The number of benzene rings is 1. The molecule has 0 spiro atoms. The van der Waals surface area contributed by atoms with E-state index in [1.165, 1.54) is 6.07 Å². The Bertz CT molecular complexity index is 317. The van der Waals surface area contributed by atoms with Crippen molar-refractivity contribution in [3.8, 4) is 0 Å². The highest BCUT2D eigenvalue weighted by Crippen LogP contribution is 2.16. The SMILES string of the molecule is CC(CCCl)CCN(C)c1cccc(F)c1. The van der Waals surface area contributed by atoms with Gasteiger partial charge in [-0.25, -0.2) is 4.39 Å². The lowest BCUT2D eigenvalue weighted by Gasteiger charge is -2.21. The smallest absolute Gasteiger partial charge is 0.125 e. The monoisotopic (exact) mass is 243 g/mol. The van der Waals surface area contributed by atoms with Gasteiger partial charge in [0.05, 0.1) is 0 Å². The molecule has 0 radical (unpaired) electrons. The predicted octanol–water partition coefficient (Wildman–Crippen LogP) is 3.92. The Hall–Kier alpha value is -0.760. The lowest BCUT2D eigenvalue weighted by Crippen LogP contribution is -2.20. The standard InChI is InChI=1S/C13H19ClFN/c1-11(6-8-14)7-9-16(2)13-5-3-4-12(15)10-13/h3-5,10-11H,6-9H2,1-2H3. The minimum absolute atomic E-state index is 0.182. The maximum Gasteiger partial charge on any atom is 0.125 e. The van der Waals surface area contributed by atoms with E-state index in [4.69, 9.17) is 11.6 Å². The number of anilines is 1. The highest BCUT2D eigenvalue weighted by Gasteiger charge is 2.05. The number of nitrogens with zero attached hydrogens (tertiary/aromatic N) is 1. The van der Waals surface area contributed by atoms with E-state index < -0.39 is 0 Å². The molecule has 1 rings (SSSR count). The van der Waals surface area contributed by atoms with Crippen LogP contribution in [0.4, 0.5) is 10.1 Å². The molecule has 0 aliphatic heterocycles. The number of alkyl halides is 1. The van der Waals surface area contributed by atoms with Gasteiger partial charge in [-0.1, -0.05) is 13.0 Å². The van der Waals surface area contributed by atoms with E-state index in [2.05, 4.69) is 11.8 Å². The van der Waals surface area contributed by atoms with Gasteiger partial charge < -0.3 is 4.90 Å². The first-order valence-electron chi connectivity index (χ1n) is 5.66. The number of rotatable bonds is 6. The average Bonchev–Trinajstić information content (AvgIpc) is 2.26. The first kappa shape index (κ1) is 13.3. The zero-order chi connectivity index (χ0) is 12.0. The van der Waals surface area contributed by atoms with Crippen LogP contribution in [0.25, 0.3) is 0 Å². The van der Waals surface area contributed by atoms with Crippen molar-refractivity contribution in [2.24, 2.45) is 5.92 Å². The largest absolute Gasteiger partial charge is 0.375 e. The van der Waals surface area contributed by atoms with Gasteiger partial charge in [0, 0.05) is 25.2 Å². The summed E-state index contributed by atoms with van der Waals surface area (Å²) in [5, 5.41) is 0. The van der Waals surface area contributed by atoms with Crippen LogP contribution in [0.2, 0.25) is 0 Å². The normalized spacial score (nSPS) is 12.5. The molecule has 0 saturated heterocycles. The van der Waals surface area contributed by atoms with Crippen molar-refractivity contribution in [2.45, 2.75) is 19.8 Å². The van der Waals surface area contributed by atoms with Crippen molar-refractivity contribution in [3.05, 3.63) is 30.1 Å². The third-order valence-corrected chi connectivity index (χ3v) is 3.03. The van der Waals surface area contributed by atoms with Gasteiger partial charge >= 0.3 is 0 Å². The third-order valence-electron chi connectivity index (χ3n) is 2.81. The molecule has 1 unspecified atom stereocenters. The predicted molar refractivity (Wildman–Crippen MR) is 68.8 cm³/mol. The van der Waals surface area contributed by atoms with Gasteiger partial charge in [0.15, 0.2) is 0 Å². The summed E-state index contributed by atoms with van der Waals surface area (Å²) in [6.07, 6.45) is 2.12. The van der Waals surface area contributed by atoms with Gasteiger partial charge in [-0.05, 0) is 37.0 Å². The minimum atomic E-state index is -0.182. The van der Waals surface area contributed by atoms with E-state index in [0.29, 0.717) is 11.8 Å². The molecule has 0 aliphatic rings. The van der Waals surface area contributed by atoms with Crippen LogP contribution in [0.1, 0.15) is 19.8 Å². The second-order valence-electron chi connectivity index (χ2n) is 4.27. The molecule has 0 heterocycles. The molecule has 0 aliphatic carbocycles. The first-order chi connectivity index (χ1) is 7.63. The van der Waals surface area contributed by atoms with Crippen LogP contribution < -0.4 is 4.90 Å². The van der Waals surface area contributed by atoms with Gasteiger partial charge in [0.2, 0.25) is 0 Å². The average molecular weight is 244 g/mol. The van der Waals surface area contributed by atoms with Crippen LogP contribution in [0.15, 0.2) is 24.3 Å². The summed E-state index contributed by atoms with van der Waals surface area (Å²) < 4.78 is 13.0. The number of hydrogen-bond donors (Lipinski definition) is 0. The summed E-state index contributed by atoms with van der Waals surface area (Å²) in [5.41, 5.74) is 0.929. The fourth-order valence-electron chi connectivity index (χ4n) is 1.59. The van der Waals surface area contributed by atoms with Crippen molar-refractivity contribution in [1.82, 2.24) is 0 Å². The molecule has 1 aromatic rings. The molecule has 0 amide bonds. The van der Waals surface area contributed by atoms with Crippen molar-refractivity contribution in [1.29, 1.82) is 0 Å². The van der Waals surface area contributed by atoms with Crippen molar-refractivity contribution in [2.75, 3.05) is 24.4 Å². The molecular formula is C13H19ClFN. The fourth-order valence-corrected chi connectivity index (χ4v) is 1.96. The van der Waals surface area contributed by atoms with Crippen LogP contribution in [-0.2, 0) is 0 Å². The molecule has 3 heteroatoms. The minimum Gasteiger partial charge on any atom is -0.375 e. The lowest BCUT2D eigenvalue weighted by atomic mass is 10.1. The molecule has 16 heavy (non-hydrogen) atoms. The Balaban J connectivity index is 2.43. The number of halogens is 2. The molecule has 0 N–H and O–H groups in total. The van der Waals surface area contributed by atoms with E-state index >= 15 is 0 Å². The zero-order valence-electron chi connectivity index (χ0n) is 9.92.